The normalized spacial score (nSPS) is 10.8. The van der Waals surface area contributed by atoms with Crippen molar-refractivity contribution in [3.05, 3.63) is 26.5 Å². The first-order valence-corrected chi connectivity index (χ1v) is 5.71. The molecule has 0 saturated carbocycles. The van der Waals surface area contributed by atoms with E-state index in [-0.39, 0.29) is 0 Å². The quantitative estimate of drug-likeness (QED) is 0.731. The molecule has 0 amide bonds. The van der Waals surface area contributed by atoms with Gasteiger partial charge in [0.1, 0.15) is 0 Å². The van der Waals surface area contributed by atoms with Crippen LogP contribution >= 0.6 is 43.2 Å². The molecule has 0 unspecified atom stereocenters. The zero-order valence-corrected chi connectivity index (χ0v) is 9.96. The number of anilines is 1. The van der Waals surface area contributed by atoms with Gasteiger partial charge in [-0.05, 0) is 55.4 Å². The summed E-state index contributed by atoms with van der Waals surface area (Å²) in [5.41, 5.74) is 6.53. The minimum absolute atomic E-state index is 0.789. The molecule has 1 aromatic heterocycles. The van der Waals surface area contributed by atoms with Crippen LogP contribution in [0.3, 0.4) is 0 Å². The molecule has 0 bridgehead atoms. The standard InChI is InChI=1S/C8H5Br2NS/c9-5-1-4-2-8(10)12-7(4)3-6(5)11/h1-3H,11H2. The zero-order chi connectivity index (χ0) is 8.72. The summed E-state index contributed by atoms with van der Waals surface area (Å²) in [7, 11) is 0. The molecule has 62 valence electrons. The smallest absolute Gasteiger partial charge is 0.0711 e. The van der Waals surface area contributed by atoms with Crippen molar-refractivity contribution in [2.24, 2.45) is 0 Å². The third-order valence-corrected chi connectivity index (χ3v) is 3.89. The topological polar surface area (TPSA) is 26.0 Å². The van der Waals surface area contributed by atoms with Crippen molar-refractivity contribution in [3.63, 3.8) is 0 Å². The third kappa shape index (κ3) is 1.39. The van der Waals surface area contributed by atoms with E-state index < -0.39 is 0 Å². The van der Waals surface area contributed by atoms with E-state index in [2.05, 4.69) is 37.9 Å². The second kappa shape index (κ2) is 3.01. The van der Waals surface area contributed by atoms with Gasteiger partial charge in [-0.3, -0.25) is 0 Å². The number of fused-ring (bicyclic) bond motifs is 1. The van der Waals surface area contributed by atoms with Crippen LogP contribution in [0.1, 0.15) is 0 Å². The maximum atomic E-state index is 5.74. The Labute approximate surface area is 90.8 Å². The number of nitrogens with two attached hydrogens (primary N) is 1. The van der Waals surface area contributed by atoms with E-state index in [9.17, 15) is 0 Å². The van der Waals surface area contributed by atoms with Crippen LogP contribution in [0.25, 0.3) is 10.1 Å². The molecule has 0 aliphatic rings. The number of halogens is 2. The monoisotopic (exact) mass is 305 g/mol. The number of thiophene rings is 1. The maximum Gasteiger partial charge on any atom is 0.0711 e. The Morgan fingerprint density at radius 1 is 1.17 bits per heavy atom. The van der Waals surface area contributed by atoms with Crippen LogP contribution in [0.5, 0.6) is 0 Å². The van der Waals surface area contributed by atoms with Gasteiger partial charge in [0.25, 0.3) is 0 Å². The van der Waals surface area contributed by atoms with Crippen molar-refractivity contribution in [1.82, 2.24) is 0 Å². The van der Waals surface area contributed by atoms with Crippen molar-refractivity contribution in [1.29, 1.82) is 0 Å². The Morgan fingerprint density at radius 3 is 2.67 bits per heavy atom. The van der Waals surface area contributed by atoms with Crippen LogP contribution in [0, 0.1) is 0 Å². The maximum absolute atomic E-state index is 5.74. The molecule has 2 N–H and O–H groups in total. The molecule has 0 fully saturated rings. The summed E-state index contributed by atoms with van der Waals surface area (Å²) in [5, 5.41) is 1.22. The first kappa shape index (κ1) is 8.53. The number of nitrogen functional groups attached to an aromatic ring is 1. The molecule has 0 aliphatic carbocycles. The van der Waals surface area contributed by atoms with Crippen LogP contribution in [0.15, 0.2) is 26.5 Å². The van der Waals surface area contributed by atoms with E-state index in [4.69, 9.17) is 5.73 Å². The number of hydrogen-bond acceptors (Lipinski definition) is 2. The third-order valence-electron chi connectivity index (χ3n) is 1.61. The lowest BCUT2D eigenvalue weighted by molar-refractivity contribution is 1.72. The van der Waals surface area contributed by atoms with E-state index in [0.29, 0.717) is 0 Å². The summed E-state index contributed by atoms with van der Waals surface area (Å²) in [6.07, 6.45) is 0. The molecule has 0 saturated heterocycles. The highest BCUT2D eigenvalue weighted by Gasteiger charge is 2.02. The molecule has 0 aliphatic heterocycles. The second-order valence-corrected chi connectivity index (χ2v) is 5.78. The number of rotatable bonds is 0. The van der Waals surface area contributed by atoms with Gasteiger partial charge < -0.3 is 5.73 Å². The highest BCUT2D eigenvalue weighted by Crippen LogP contribution is 2.34. The fraction of sp³-hybridized carbons (Fsp3) is 0. The average Bonchev–Trinajstić information content (AvgIpc) is 2.30. The van der Waals surface area contributed by atoms with E-state index in [1.54, 1.807) is 11.3 Å². The van der Waals surface area contributed by atoms with Crippen molar-refractivity contribution < 1.29 is 0 Å². The SMILES string of the molecule is Nc1cc2sc(Br)cc2cc1Br. The van der Waals surface area contributed by atoms with E-state index in [0.717, 1.165) is 13.9 Å². The number of benzene rings is 1. The van der Waals surface area contributed by atoms with Crippen LogP contribution in [0.4, 0.5) is 5.69 Å². The predicted octanol–water partition coefficient (Wildman–Crippen LogP) is 4.01. The van der Waals surface area contributed by atoms with Crippen molar-refractivity contribution in [3.8, 4) is 0 Å². The molecule has 0 spiro atoms. The summed E-state index contributed by atoms with van der Waals surface area (Å²) in [6.45, 7) is 0. The summed E-state index contributed by atoms with van der Waals surface area (Å²) in [6, 6.07) is 6.10. The lowest BCUT2D eigenvalue weighted by atomic mass is 10.2. The first-order valence-electron chi connectivity index (χ1n) is 3.31. The van der Waals surface area contributed by atoms with Gasteiger partial charge in [-0.1, -0.05) is 0 Å². The van der Waals surface area contributed by atoms with Gasteiger partial charge in [0.15, 0.2) is 0 Å². The first-order chi connectivity index (χ1) is 5.66. The Hall–Kier alpha value is -0.0600. The van der Waals surface area contributed by atoms with Crippen LogP contribution in [0.2, 0.25) is 0 Å². The van der Waals surface area contributed by atoms with Gasteiger partial charge in [0.05, 0.1) is 3.79 Å². The van der Waals surface area contributed by atoms with E-state index >= 15 is 0 Å². The predicted molar refractivity (Wildman–Crippen MR) is 61.6 cm³/mol. The molecule has 12 heavy (non-hydrogen) atoms. The van der Waals surface area contributed by atoms with Crippen molar-refractivity contribution >= 4 is 59.0 Å². The summed E-state index contributed by atoms with van der Waals surface area (Å²) in [5.74, 6) is 0. The molecule has 4 heteroatoms. The average molecular weight is 307 g/mol. The molecular formula is C8H5Br2NS. The van der Waals surface area contributed by atoms with Crippen molar-refractivity contribution in [2.45, 2.75) is 0 Å². The van der Waals surface area contributed by atoms with Gasteiger partial charge in [-0.15, -0.1) is 11.3 Å². The number of hydrogen-bond donors (Lipinski definition) is 1. The zero-order valence-electron chi connectivity index (χ0n) is 5.97. The Morgan fingerprint density at radius 2 is 1.92 bits per heavy atom. The van der Waals surface area contributed by atoms with Gasteiger partial charge in [-0.25, -0.2) is 0 Å². The van der Waals surface area contributed by atoms with Crippen LogP contribution in [-0.2, 0) is 0 Å². The fourth-order valence-electron chi connectivity index (χ4n) is 1.04. The summed E-state index contributed by atoms with van der Waals surface area (Å²) >= 11 is 8.52. The molecular weight excluding hydrogens is 302 g/mol. The molecule has 2 aromatic rings. The van der Waals surface area contributed by atoms with Gasteiger partial charge >= 0.3 is 0 Å². The Balaban J connectivity index is 2.83. The minimum atomic E-state index is 0.789. The van der Waals surface area contributed by atoms with E-state index in [1.807, 2.05) is 12.1 Å². The molecule has 0 atom stereocenters. The summed E-state index contributed by atoms with van der Waals surface area (Å²) in [4.78, 5) is 0. The van der Waals surface area contributed by atoms with Gasteiger partial charge in [0.2, 0.25) is 0 Å². The minimum Gasteiger partial charge on any atom is -0.398 e. The Kier molecular flexibility index (Phi) is 2.14. The molecule has 1 aromatic carbocycles. The van der Waals surface area contributed by atoms with Gasteiger partial charge in [-0.2, -0.15) is 0 Å². The highest BCUT2D eigenvalue weighted by atomic mass is 79.9. The fourth-order valence-corrected chi connectivity index (χ4v) is 2.99. The van der Waals surface area contributed by atoms with E-state index in [1.165, 1.54) is 10.1 Å². The van der Waals surface area contributed by atoms with Crippen LogP contribution < -0.4 is 5.73 Å². The summed E-state index contributed by atoms with van der Waals surface area (Å²) < 4.78 is 3.30. The molecule has 1 nitrogen and oxygen atoms in total. The highest BCUT2D eigenvalue weighted by molar-refractivity contribution is 9.11. The largest absolute Gasteiger partial charge is 0.398 e. The Bertz CT molecular complexity index is 397. The van der Waals surface area contributed by atoms with Crippen LogP contribution in [-0.4, -0.2) is 0 Å². The lowest BCUT2D eigenvalue weighted by Gasteiger charge is -1.96. The molecule has 1 heterocycles. The molecule has 0 radical (unpaired) electrons. The molecule has 2 rings (SSSR count). The van der Waals surface area contributed by atoms with Gasteiger partial charge in [0, 0.05) is 14.9 Å². The second-order valence-electron chi connectivity index (χ2n) is 2.46. The van der Waals surface area contributed by atoms with Crippen molar-refractivity contribution in [2.75, 3.05) is 5.73 Å². The lowest BCUT2D eigenvalue weighted by Crippen LogP contribution is -1.84.